The highest BCUT2D eigenvalue weighted by Gasteiger charge is 2.28. The van der Waals surface area contributed by atoms with Gasteiger partial charge in [0.05, 0.1) is 13.2 Å². The summed E-state index contributed by atoms with van der Waals surface area (Å²) in [5.74, 6) is 1.09. The Morgan fingerprint density at radius 1 is 1.28 bits per heavy atom. The maximum absolute atomic E-state index is 12.3. The SMILES string of the molecule is Cc1nc(-c2ccc([C@H]3CN(C(=O)OC(C)(C)C)CCO3)cc2)no1. The predicted molar refractivity (Wildman–Crippen MR) is 91.0 cm³/mol. The van der Waals surface area contributed by atoms with Gasteiger partial charge in [0, 0.05) is 19.0 Å². The largest absolute Gasteiger partial charge is 0.444 e. The number of morpholine rings is 1. The first-order chi connectivity index (χ1) is 11.8. The van der Waals surface area contributed by atoms with Crippen LogP contribution in [-0.2, 0) is 9.47 Å². The van der Waals surface area contributed by atoms with Gasteiger partial charge in [-0.25, -0.2) is 4.79 Å². The number of hydrogen-bond donors (Lipinski definition) is 0. The molecule has 1 aromatic carbocycles. The van der Waals surface area contributed by atoms with Crippen molar-refractivity contribution in [2.24, 2.45) is 0 Å². The number of benzene rings is 1. The van der Waals surface area contributed by atoms with E-state index in [1.165, 1.54) is 0 Å². The molecule has 1 aromatic heterocycles. The minimum atomic E-state index is -0.505. The summed E-state index contributed by atoms with van der Waals surface area (Å²) in [7, 11) is 0. The molecule has 0 N–H and O–H groups in total. The molecule has 2 heterocycles. The Kier molecular flexibility index (Phi) is 4.76. The van der Waals surface area contributed by atoms with Gasteiger partial charge in [0.25, 0.3) is 0 Å². The highest BCUT2D eigenvalue weighted by molar-refractivity contribution is 5.68. The molecular weight excluding hydrogens is 322 g/mol. The lowest BCUT2D eigenvalue weighted by molar-refractivity contribution is -0.0432. The second-order valence-electron chi connectivity index (χ2n) is 7.04. The van der Waals surface area contributed by atoms with Crippen LogP contribution in [-0.4, -0.2) is 46.4 Å². The van der Waals surface area contributed by atoms with Crippen LogP contribution >= 0.6 is 0 Å². The van der Waals surface area contributed by atoms with Gasteiger partial charge < -0.3 is 18.9 Å². The van der Waals surface area contributed by atoms with Crippen molar-refractivity contribution in [3.63, 3.8) is 0 Å². The maximum Gasteiger partial charge on any atom is 0.410 e. The molecule has 7 heteroatoms. The summed E-state index contributed by atoms with van der Waals surface area (Å²) in [4.78, 5) is 18.2. The molecule has 1 atom stereocenters. The molecule has 3 rings (SSSR count). The molecule has 1 aliphatic rings. The second-order valence-corrected chi connectivity index (χ2v) is 7.04. The van der Waals surface area contributed by atoms with Gasteiger partial charge in [0.2, 0.25) is 11.7 Å². The first kappa shape index (κ1) is 17.4. The van der Waals surface area contributed by atoms with E-state index in [2.05, 4.69) is 10.1 Å². The van der Waals surface area contributed by atoms with Crippen molar-refractivity contribution in [2.75, 3.05) is 19.7 Å². The topological polar surface area (TPSA) is 77.7 Å². The minimum absolute atomic E-state index is 0.178. The van der Waals surface area contributed by atoms with Crippen molar-refractivity contribution in [3.05, 3.63) is 35.7 Å². The molecule has 0 unspecified atom stereocenters. The van der Waals surface area contributed by atoms with Crippen molar-refractivity contribution in [2.45, 2.75) is 39.4 Å². The molecule has 134 valence electrons. The van der Waals surface area contributed by atoms with Crippen molar-refractivity contribution in [3.8, 4) is 11.4 Å². The third kappa shape index (κ3) is 4.36. The average Bonchev–Trinajstić information content (AvgIpc) is 3.00. The van der Waals surface area contributed by atoms with Crippen molar-refractivity contribution >= 4 is 6.09 Å². The zero-order valence-electron chi connectivity index (χ0n) is 15.0. The fourth-order valence-electron chi connectivity index (χ4n) is 2.61. The van der Waals surface area contributed by atoms with Crippen LogP contribution in [0.25, 0.3) is 11.4 Å². The summed E-state index contributed by atoms with van der Waals surface area (Å²) in [5.41, 5.74) is 1.37. The first-order valence-corrected chi connectivity index (χ1v) is 8.32. The number of nitrogens with zero attached hydrogens (tertiary/aromatic N) is 3. The van der Waals surface area contributed by atoms with Gasteiger partial charge in [-0.3, -0.25) is 0 Å². The van der Waals surface area contributed by atoms with E-state index < -0.39 is 5.60 Å². The molecule has 0 saturated carbocycles. The van der Waals surface area contributed by atoms with Gasteiger partial charge in [0.15, 0.2) is 0 Å². The Hall–Kier alpha value is -2.41. The number of ether oxygens (including phenoxy) is 2. The molecule has 0 radical (unpaired) electrons. The van der Waals surface area contributed by atoms with E-state index in [0.29, 0.717) is 31.4 Å². The summed E-state index contributed by atoms with van der Waals surface area (Å²) in [5, 5.41) is 3.91. The van der Waals surface area contributed by atoms with E-state index in [9.17, 15) is 4.79 Å². The standard InChI is InChI=1S/C18H23N3O4/c1-12-19-16(20-25-12)14-7-5-13(6-8-14)15-11-21(9-10-23-15)17(22)24-18(2,3)4/h5-8,15H,9-11H2,1-4H3/t15-/m1/s1. The van der Waals surface area contributed by atoms with Gasteiger partial charge in [-0.1, -0.05) is 29.4 Å². The van der Waals surface area contributed by atoms with Crippen LogP contribution in [0.1, 0.15) is 38.3 Å². The minimum Gasteiger partial charge on any atom is -0.444 e. The first-order valence-electron chi connectivity index (χ1n) is 8.32. The number of amides is 1. The van der Waals surface area contributed by atoms with Crippen molar-refractivity contribution in [1.29, 1.82) is 0 Å². The highest BCUT2D eigenvalue weighted by Crippen LogP contribution is 2.25. The van der Waals surface area contributed by atoms with Crippen molar-refractivity contribution < 1.29 is 18.8 Å². The van der Waals surface area contributed by atoms with Gasteiger partial charge in [-0.15, -0.1) is 0 Å². The zero-order valence-corrected chi connectivity index (χ0v) is 15.0. The van der Waals surface area contributed by atoms with E-state index in [1.54, 1.807) is 11.8 Å². The summed E-state index contributed by atoms with van der Waals surface area (Å²) >= 11 is 0. The van der Waals surface area contributed by atoms with Crippen molar-refractivity contribution in [1.82, 2.24) is 15.0 Å². The lowest BCUT2D eigenvalue weighted by Crippen LogP contribution is -2.44. The van der Waals surface area contributed by atoms with Crippen LogP contribution < -0.4 is 0 Å². The molecule has 1 amide bonds. The second kappa shape index (κ2) is 6.84. The number of hydrogen-bond acceptors (Lipinski definition) is 6. The summed E-state index contributed by atoms with van der Waals surface area (Å²) < 4.78 is 16.3. The Morgan fingerprint density at radius 3 is 2.60 bits per heavy atom. The Morgan fingerprint density at radius 2 is 2.00 bits per heavy atom. The molecule has 0 aliphatic carbocycles. The summed E-state index contributed by atoms with van der Waals surface area (Å²) in [6.07, 6.45) is -0.484. The lowest BCUT2D eigenvalue weighted by Gasteiger charge is -2.34. The maximum atomic E-state index is 12.3. The highest BCUT2D eigenvalue weighted by atomic mass is 16.6. The van der Waals surface area contributed by atoms with Gasteiger partial charge >= 0.3 is 6.09 Å². The monoisotopic (exact) mass is 345 g/mol. The van der Waals surface area contributed by atoms with Crippen LogP contribution in [0.5, 0.6) is 0 Å². The van der Waals surface area contributed by atoms with E-state index in [-0.39, 0.29) is 12.2 Å². The fourth-order valence-corrected chi connectivity index (χ4v) is 2.61. The smallest absolute Gasteiger partial charge is 0.410 e. The Balaban J connectivity index is 1.68. The molecule has 25 heavy (non-hydrogen) atoms. The number of aromatic nitrogens is 2. The molecule has 1 aliphatic heterocycles. The van der Waals surface area contributed by atoms with Crippen LogP contribution in [0.3, 0.4) is 0 Å². The molecule has 0 spiro atoms. The van der Waals surface area contributed by atoms with Crippen LogP contribution in [0.4, 0.5) is 4.79 Å². The Labute approximate surface area is 146 Å². The number of carbonyl (C=O) groups is 1. The number of aryl methyl sites for hydroxylation is 1. The van der Waals surface area contributed by atoms with E-state index in [0.717, 1.165) is 11.1 Å². The van der Waals surface area contributed by atoms with E-state index in [1.807, 2.05) is 45.0 Å². The third-order valence-electron chi connectivity index (χ3n) is 3.79. The summed E-state index contributed by atoms with van der Waals surface area (Å²) in [6, 6.07) is 7.78. The number of carbonyl (C=O) groups excluding carboxylic acids is 1. The van der Waals surface area contributed by atoms with E-state index in [4.69, 9.17) is 14.0 Å². The van der Waals surface area contributed by atoms with Gasteiger partial charge in [-0.2, -0.15) is 4.98 Å². The average molecular weight is 345 g/mol. The van der Waals surface area contributed by atoms with Gasteiger partial charge in [-0.05, 0) is 26.3 Å². The zero-order chi connectivity index (χ0) is 18.0. The molecule has 2 aromatic rings. The molecular formula is C18H23N3O4. The van der Waals surface area contributed by atoms with Crippen LogP contribution in [0.15, 0.2) is 28.8 Å². The predicted octanol–water partition coefficient (Wildman–Crippen LogP) is 3.35. The molecule has 1 saturated heterocycles. The van der Waals surface area contributed by atoms with Gasteiger partial charge in [0.1, 0.15) is 11.7 Å². The van der Waals surface area contributed by atoms with Crippen LogP contribution in [0.2, 0.25) is 0 Å². The van der Waals surface area contributed by atoms with Crippen LogP contribution in [0, 0.1) is 6.92 Å². The molecule has 7 nitrogen and oxygen atoms in total. The quantitative estimate of drug-likeness (QED) is 0.830. The lowest BCUT2D eigenvalue weighted by atomic mass is 10.1. The van der Waals surface area contributed by atoms with E-state index >= 15 is 0 Å². The third-order valence-corrected chi connectivity index (χ3v) is 3.79. The summed E-state index contributed by atoms with van der Waals surface area (Å²) in [6.45, 7) is 8.83. The molecule has 1 fully saturated rings. The molecule has 0 bridgehead atoms. The number of rotatable bonds is 2. The Bertz CT molecular complexity index is 734. The normalized spacial score (nSPS) is 18.2. The fraction of sp³-hybridized carbons (Fsp3) is 0.500.